The highest BCUT2D eigenvalue weighted by Crippen LogP contribution is 1.58. The van der Waals surface area contributed by atoms with E-state index in [0.717, 1.165) is 0 Å². The first kappa shape index (κ1) is 22.6. The minimum absolute atomic E-state index is 0. The highest BCUT2D eigenvalue weighted by molar-refractivity contribution is 4.78. The molecule has 0 radical (unpaired) electrons. The maximum atomic E-state index is 4.99. The molecule has 0 amide bonds. The zero-order chi connectivity index (χ0) is 11.9. The van der Waals surface area contributed by atoms with Crippen LogP contribution in [0.15, 0.2) is 24.7 Å². The molecule has 7 N–H and O–H groups in total. The van der Waals surface area contributed by atoms with E-state index in [1.54, 1.807) is 14.0 Å². The molecule has 0 aromatic heterocycles. The van der Waals surface area contributed by atoms with Crippen LogP contribution in [-0.4, -0.2) is 14.1 Å². The zero-order valence-electron chi connectivity index (χ0n) is 9.65. The summed E-state index contributed by atoms with van der Waals surface area (Å²) in [5, 5.41) is 2.61. The fraction of sp³-hybridized carbons (Fsp3) is 0.556. The number of nitrogens with two attached hydrogens (primary N) is 3. The molecule has 0 spiro atoms. The molecule has 0 fully saturated rings. The highest BCUT2D eigenvalue weighted by Gasteiger charge is 1.62. The van der Waals surface area contributed by atoms with Gasteiger partial charge in [-0.1, -0.05) is 27.0 Å². The van der Waals surface area contributed by atoms with Gasteiger partial charge < -0.3 is 22.5 Å². The lowest BCUT2D eigenvalue weighted by Gasteiger charge is -1.88. The summed E-state index contributed by atoms with van der Waals surface area (Å²) in [4.78, 5) is 0. The van der Waals surface area contributed by atoms with Crippen molar-refractivity contribution in [2.45, 2.75) is 20.8 Å². The van der Waals surface area contributed by atoms with E-state index in [-0.39, 0.29) is 1.43 Å². The summed E-state index contributed by atoms with van der Waals surface area (Å²) < 4.78 is 0. The van der Waals surface area contributed by atoms with E-state index < -0.39 is 0 Å². The van der Waals surface area contributed by atoms with Gasteiger partial charge in [-0.3, -0.25) is 0 Å². The van der Waals surface area contributed by atoms with Crippen LogP contribution in [0.5, 0.6) is 0 Å². The van der Waals surface area contributed by atoms with Crippen molar-refractivity contribution in [3.05, 3.63) is 24.7 Å². The van der Waals surface area contributed by atoms with Crippen molar-refractivity contribution < 1.29 is 1.43 Å². The molecule has 0 atom stereocenters. The summed E-state index contributed by atoms with van der Waals surface area (Å²) in [7, 11) is 3.22. The van der Waals surface area contributed by atoms with Crippen LogP contribution in [0.1, 0.15) is 22.2 Å². The molecule has 0 aromatic rings. The zero-order valence-corrected chi connectivity index (χ0v) is 9.65. The lowest BCUT2D eigenvalue weighted by molar-refractivity contribution is 0.974. The van der Waals surface area contributed by atoms with Crippen LogP contribution in [0.4, 0.5) is 0 Å². The standard InChI is InChI=1S/C3H8N2.C3H7N.C2H6.CH5N.H2/c1-3(4)5-2;1-3(2)4;2*1-2;/h5H,1,4H2,2H3;1,4H2,2H3;1-2H3;2H2,1H3;1H. The van der Waals surface area contributed by atoms with Gasteiger partial charge in [0.2, 0.25) is 0 Å². The lowest BCUT2D eigenvalue weighted by atomic mass is 10.6. The molecule has 0 saturated carbocycles. The molecule has 0 heterocycles. The Hall–Kier alpha value is -1.16. The molecule has 13 heavy (non-hydrogen) atoms. The first-order chi connectivity index (χ1) is 6.00. The Morgan fingerprint density at radius 3 is 1.23 bits per heavy atom. The third kappa shape index (κ3) is 1200. The third-order valence-electron chi connectivity index (χ3n) is 0.321. The fourth-order valence-corrected chi connectivity index (χ4v) is 0. The minimum Gasteiger partial charge on any atom is -0.403 e. The Kier molecular flexibility index (Phi) is 53.6. The van der Waals surface area contributed by atoms with Gasteiger partial charge in [-0.25, -0.2) is 0 Å². The smallest absolute Gasteiger partial charge is 0.0883 e. The normalized spacial score (nSPS) is 5.38. The lowest BCUT2D eigenvalue weighted by Crippen LogP contribution is -2.11. The average molecular weight is 192 g/mol. The monoisotopic (exact) mass is 192 g/mol. The number of nitrogens with one attached hydrogen (secondary N) is 1. The minimum atomic E-state index is 0. The second kappa shape index (κ2) is 30.8. The summed E-state index contributed by atoms with van der Waals surface area (Å²) in [5.41, 5.74) is 15.1. The van der Waals surface area contributed by atoms with Crippen LogP contribution in [0.2, 0.25) is 0 Å². The summed E-state index contributed by atoms with van der Waals surface area (Å²) >= 11 is 0. The molecule has 0 rings (SSSR count). The van der Waals surface area contributed by atoms with Crippen LogP contribution in [0.25, 0.3) is 0 Å². The average Bonchev–Trinajstić information content (AvgIpc) is 2.10. The molecule has 0 aliphatic rings. The van der Waals surface area contributed by atoms with Gasteiger partial charge in [0.15, 0.2) is 0 Å². The second-order valence-corrected chi connectivity index (χ2v) is 1.62. The number of hydrogen-bond donors (Lipinski definition) is 4. The van der Waals surface area contributed by atoms with Gasteiger partial charge in [0.25, 0.3) is 0 Å². The molecule has 0 saturated heterocycles. The molecule has 0 unspecified atom stereocenters. The fourth-order valence-electron chi connectivity index (χ4n) is 0. The Bertz CT molecular complexity index is 101. The summed E-state index contributed by atoms with van der Waals surface area (Å²) in [6.45, 7) is 12.4. The predicted molar refractivity (Wildman–Crippen MR) is 65.0 cm³/mol. The Labute approximate surface area is 84.4 Å². The van der Waals surface area contributed by atoms with Crippen LogP contribution in [-0.2, 0) is 0 Å². The molecule has 84 valence electrons. The van der Waals surface area contributed by atoms with Crippen molar-refractivity contribution >= 4 is 0 Å². The van der Waals surface area contributed by atoms with Crippen molar-refractivity contribution in [1.82, 2.24) is 5.32 Å². The van der Waals surface area contributed by atoms with Crippen LogP contribution in [0, 0.1) is 0 Å². The summed E-state index contributed by atoms with van der Waals surface area (Å²) in [6.07, 6.45) is 0. The Morgan fingerprint density at radius 1 is 1.15 bits per heavy atom. The van der Waals surface area contributed by atoms with E-state index in [4.69, 9.17) is 11.5 Å². The van der Waals surface area contributed by atoms with Gasteiger partial charge in [0.1, 0.15) is 0 Å². The highest BCUT2D eigenvalue weighted by atomic mass is 14.9. The molecular formula is C9H28N4. The Balaban J connectivity index is -0.0000000273. The molecule has 0 aliphatic heterocycles. The van der Waals surface area contributed by atoms with Crippen LogP contribution < -0.4 is 22.5 Å². The maximum absolute atomic E-state index is 4.99. The van der Waals surface area contributed by atoms with Gasteiger partial charge in [0.05, 0.1) is 5.82 Å². The predicted octanol–water partition coefficient (Wildman–Crippen LogP) is 0.962. The van der Waals surface area contributed by atoms with Gasteiger partial charge in [-0.15, -0.1) is 0 Å². The van der Waals surface area contributed by atoms with Crippen molar-refractivity contribution in [2.24, 2.45) is 17.2 Å². The van der Waals surface area contributed by atoms with Crippen molar-refractivity contribution in [1.29, 1.82) is 0 Å². The number of hydrogen-bond acceptors (Lipinski definition) is 4. The second-order valence-electron chi connectivity index (χ2n) is 1.62. The van der Waals surface area contributed by atoms with Gasteiger partial charge >= 0.3 is 0 Å². The van der Waals surface area contributed by atoms with E-state index in [1.165, 1.54) is 7.05 Å². The van der Waals surface area contributed by atoms with E-state index in [1.807, 2.05) is 13.8 Å². The number of allylic oxidation sites excluding steroid dienone is 1. The molecule has 0 bridgehead atoms. The molecule has 0 aliphatic carbocycles. The first-order valence-corrected chi connectivity index (χ1v) is 4.11. The molecule has 4 nitrogen and oxygen atoms in total. The van der Waals surface area contributed by atoms with Gasteiger partial charge in [-0.05, 0) is 19.7 Å². The molecule has 4 heteroatoms. The topological polar surface area (TPSA) is 90.1 Å². The maximum Gasteiger partial charge on any atom is 0.0883 e. The van der Waals surface area contributed by atoms with Gasteiger partial charge in [-0.2, -0.15) is 0 Å². The van der Waals surface area contributed by atoms with E-state index in [0.29, 0.717) is 11.5 Å². The number of rotatable bonds is 1. The quantitative estimate of drug-likeness (QED) is 0.498. The van der Waals surface area contributed by atoms with Gasteiger partial charge in [0, 0.05) is 8.47 Å². The van der Waals surface area contributed by atoms with E-state index in [9.17, 15) is 0 Å². The van der Waals surface area contributed by atoms with E-state index in [2.05, 4.69) is 24.2 Å². The molecular weight excluding hydrogens is 164 g/mol. The SMILES string of the molecule is C=C(C)N.C=C(N)NC.CC.CN.[HH]. The van der Waals surface area contributed by atoms with E-state index >= 15 is 0 Å². The van der Waals surface area contributed by atoms with Crippen molar-refractivity contribution in [2.75, 3.05) is 14.1 Å². The first-order valence-electron chi connectivity index (χ1n) is 4.11. The third-order valence-corrected chi connectivity index (χ3v) is 0.321. The van der Waals surface area contributed by atoms with Crippen LogP contribution in [0.3, 0.4) is 0 Å². The van der Waals surface area contributed by atoms with Crippen molar-refractivity contribution in [3.63, 3.8) is 0 Å². The van der Waals surface area contributed by atoms with Crippen molar-refractivity contribution in [3.8, 4) is 0 Å². The summed E-state index contributed by atoms with van der Waals surface area (Å²) in [5.74, 6) is 0.505. The largest absolute Gasteiger partial charge is 0.403 e. The summed E-state index contributed by atoms with van der Waals surface area (Å²) in [6, 6.07) is 0. The Morgan fingerprint density at radius 2 is 1.23 bits per heavy atom. The van der Waals surface area contributed by atoms with Crippen LogP contribution >= 0.6 is 0 Å². The molecule has 0 aromatic carbocycles.